The van der Waals surface area contributed by atoms with Gasteiger partial charge in [0.15, 0.2) is 0 Å². The number of quaternary nitrogens is 1. The number of hydrogen-bond acceptors (Lipinski definition) is 4. The van der Waals surface area contributed by atoms with E-state index in [2.05, 4.69) is 30.7 Å². The molecule has 2 rings (SSSR count). The van der Waals surface area contributed by atoms with Crippen LogP contribution < -0.4 is 11.1 Å². The van der Waals surface area contributed by atoms with Gasteiger partial charge in [0.2, 0.25) is 0 Å². The fourth-order valence-electron chi connectivity index (χ4n) is 2.88. The number of nitrogens with one attached hydrogen (secondary N) is 2. The van der Waals surface area contributed by atoms with E-state index in [1.807, 2.05) is 0 Å². The molecule has 0 spiro atoms. The van der Waals surface area contributed by atoms with Crippen LogP contribution in [0.5, 0.6) is 0 Å². The van der Waals surface area contributed by atoms with Crippen LogP contribution in [0.1, 0.15) is 26.3 Å². The van der Waals surface area contributed by atoms with Crippen molar-refractivity contribution in [1.29, 1.82) is 0 Å². The number of nitro groups is 1. The maximum atomic E-state index is 11.6. The Morgan fingerprint density at radius 2 is 1.61 bits per heavy atom. The van der Waals surface area contributed by atoms with E-state index >= 15 is 0 Å². The van der Waals surface area contributed by atoms with Gasteiger partial charge in [0.05, 0.1) is 35.6 Å². The van der Waals surface area contributed by atoms with Crippen LogP contribution in [-0.4, -0.2) is 39.0 Å². The summed E-state index contributed by atoms with van der Waals surface area (Å²) in [7, 11) is 0. The minimum absolute atomic E-state index is 0.100. The number of fused-ring (bicyclic) bond motifs is 1. The summed E-state index contributed by atoms with van der Waals surface area (Å²) in [5, 5.41) is 11.2. The summed E-state index contributed by atoms with van der Waals surface area (Å²) in [6, 6.07) is 2.75. The predicted molar refractivity (Wildman–Crippen MR) is 87.4 cm³/mol. The summed E-state index contributed by atoms with van der Waals surface area (Å²) in [6.45, 7) is 9.34. The van der Waals surface area contributed by atoms with E-state index in [9.17, 15) is 19.7 Å². The molecule has 0 atom stereocenters. The third-order valence-corrected chi connectivity index (χ3v) is 4.63. The SMILES string of the molecule is CC[N+](CC)(CC)Cc1cc([N+](=O)[O-])cc2[nH]c(=O)c(=O)[nH]c12. The summed E-state index contributed by atoms with van der Waals surface area (Å²) in [6.07, 6.45) is 0. The van der Waals surface area contributed by atoms with Gasteiger partial charge in [-0.3, -0.25) is 19.7 Å². The summed E-state index contributed by atoms with van der Waals surface area (Å²) in [5.74, 6) is 0. The molecule has 0 unspecified atom stereocenters. The molecule has 0 radical (unpaired) electrons. The van der Waals surface area contributed by atoms with Crippen LogP contribution in [0.25, 0.3) is 11.0 Å². The van der Waals surface area contributed by atoms with Gasteiger partial charge in [0.1, 0.15) is 6.54 Å². The molecule has 23 heavy (non-hydrogen) atoms. The van der Waals surface area contributed by atoms with Gasteiger partial charge in [0, 0.05) is 17.7 Å². The van der Waals surface area contributed by atoms with E-state index in [-0.39, 0.29) is 11.2 Å². The maximum Gasteiger partial charge on any atom is 0.314 e. The molecule has 1 aromatic heterocycles. The first-order valence-electron chi connectivity index (χ1n) is 7.64. The summed E-state index contributed by atoms with van der Waals surface area (Å²) in [4.78, 5) is 38.8. The second kappa shape index (κ2) is 6.33. The van der Waals surface area contributed by atoms with Crippen molar-refractivity contribution < 1.29 is 9.41 Å². The molecular formula is C15H21N4O4+. The molecule has 0 bridgehead atoms. The van der Waals surface area contributed by atoms with Crippen LogP contribution in [0.2, 0.25) is 0 Å². The fourth-order valence-corrected chi connectivity index (χ4v) is 2.88. The van der Waals surface area contributed by atoms with Crippen molar-refractivity contribution in [2.45, 2.75) is 27.3 Å². The minimum Gasteiger partial charge on any atom is -0.320 e. The first-order valence-corrected chi connectivity index (χ1v) is 7.64. The molecule has 0 saturated heterocycles. The molecule has 2 N–H and O–H groups in total. The number of hydrogen-bond donors (Lipinski definition) is 2. The van der Waals surface area contributed by atoms with Gasteiger partial charge in [-0.2, -0.15) is 0 Å². The molecule has 1 aromatic carbocycles. The normalized spacial score (nSPS) is 11.8. The number of aromatic amines is 2. The van der Waals surface area contributed by atoms with Crippen molar-refractivity contribution in [2.75, 3.05) is 19.6 Å². The van der Waals surface area contributed by atoms with Crippen molar-refractivity contribution in [3.8, 4) is 0 Å². The Kier molecular flexibility index (Phi) is 4.65. The quantitative estimate of drug-likeness (QED) is 0.364. The Balaban J connectivity index is 2.74. The molecule has 124 valence electrons. The lowest BCUT2D eigenvalue weighted by Crippen LogP contribution is -2.46. The minimum atomic E-state index is -0.814. The first kappa shape index (κ1) is 16.9. The Labute approximate surface area is 132 Å². The lowest BCUT2D eigenvalue weighted by molar-refractivity contribution is -0.936. The molecule has 8 nitrogen and oxygen atoms in total. The molecule has 0 aliphatic rings. The number of H-pyrrole nitrogens is 2. The van der Waals surface area contributed by atoms with Crippen molar-refractivity contribution in [2.24, 2.45) is 0 Å². The third-order valence-electron chi connectivity index (χ3n) is 4.63. The Bertz CT molecular complexity index is 840. The second-order valence-electron chi connectivity index (χ2n) is 5.64. The average Bonchev–Trinajstić information content (AvgIpc) is 2.54. The summed E-state index contributed by atoms with van der Waals surface area (Å²) >= 11 is 0. The molecule has 2 aromatic rings. The zero-order valence-corrected chi connectivity index (χ0v) is 13.5. The molecule has 0 aliphatic heterocycles. The Morgan fingerprint density at radius 1 is 1.04 bits per heavy atom. The molecule has 0 saturated carbocycles. The number of benzene rings is 1. The topological polar surface area (TPSA) is 109 Å². The molecule has 1 heterocycles. The van der Waals surface area contributed by atoms with Crippen molar-refractivity contribution in [1.82, 2.24) is 9.97 Å². The highest BCUT2D eigenvalue weighted by Gasteiger charge is 2.25. The molecule has 0 fully saturated rings. The lowest BCUT2D eigenvalue weighted by Gasteiger charge is -2.36. The van der Waals surface area contributed by atoms with Gasteiger partial charge in [-0.1, -0.05) is 0 Å². The molecule has 8 heteroatoms. The Hall–Kier alpha value is -2.48. The van der Waals surface area contributed by atoms with Crippen molar-refractivity contribution in [3.05, 3.63) is 48.5 Å². The zero-order valence-electron chi connectivity index (χ0n) is 13.5. The smallest absolute Gasteiger partial charge is 0.314 e. The van der Waals surface area contributed by atoms with Crippen LogP contribution in [-0.2, 0) is 6.54 Å². The van der Waals surface area contributed by atoms with Crippen LogP contribution >= 0.6 is 0 Å². The number of non-ortho nitro benzene ring substituents is 1. The van der Waals surface area contributed by atoms with Crippen LogP contribution in [0.15, 0.2) is 21.7 Å². The largest absolute Gasteiger partial charge is 0.320 e. The van der Waals surface area contributed by atoms with Gasteiger partial charge in [-0.15, -0.1) is 0 Å². The van der Waals surface area contributed by atoms with E-state index in [0.29, 0.717) is 17.6 Å². The Morgan fingerprint density at radius 3 is 2.13 bits per heavy atom. The van der Waals surface area contributed by atoms with Gasteiger partial charge in [0.25, 0.3) is 5.69 Å². The van der Waals surface area contributed by atoms with Crippen LogP contribution in [0.4, 0.5) is 5.69 Å². The zero-order chi connectivity index (χ0) is 17.2. The maximum absolute atomic E-state index is 11.6. The van der Waals surface area contributed by atoms with Gasteiger partial charge in [-0.05, 0) is 20.8 Å². The highest BCUT2D eigenvalue weighted by atomic mass is 16.6. The first-order chi connectivity index (χ1) is 10.9. The molecule has 0 amide bonds. The second-order valence-corrected chi connectivity index (χ2v) is 5.64. The standard InChI is InChI=1S/C15H20N4O4/c1-4-19(5-2,6-3)9-10-7-11(18(22)23)8-12-13(10)17-15(21)14(20)16-12/h7-8H,4-6,9H2,1-3H3,(H-,16,17,20,21)/p+1. The monoisotopic (exact) mass is 321 g/mol. The van der Waals surface area contributed by atoms with E-state index in [0.717, 1.165) is 24.1 Å². The number of nitrogens with zero attached hydrogens (tertiary/aromatic N) is 2. The fraction of sp³-hybridized carbons (Fsp3) is 0.467. The van der Waals surface area contributed by atoms with Gasteiger partial charge in [-0.25, -0.2) is 0 Å². The highest BCUT2D eigenvalue weighted by molar-refractivity contribution is 5.80. The average molecular weight is 321 g/mol. The predicted octanol–water partition coefficient (Wildman–Crippen LogP) is 1.50. The molecular weight excluding hydrogens is 300 g/mol. The van der Waals surface area contributed by atoms with Crippen molar-refractivity contribution in [3.63, 3.8) is 0 Å². The molecule has 0 aliphatic carbocycles. The van der Waals surface area contributed by atoms with Gasteiger partial charge >= 0.3 is 11.1 Å². The van der Waals surface area contributed by atoms with E-state index in [1.165, 1.54) is 12.1 Å². The number of nitro benzene ring substituents is 1. The van der Waals surface area contributed by atoms with Crippen molar-refractivity contribution >= 4 is 16.7 Å². The van der Waals surface area contributed by atoms with Crippen LogP contribution in [0, 0.1) is 10.1 Å². The van der Waals surface area contributed by atoms with Crippen LogP contribution in [0.3, 0.4) is 0 Å². The van der Waals surface area contributed by atoms with E-state index < -0.39 is 16.0 Å². The third kappa shape index (κ3) is 3.16. The number of aromatic nitrogens is 2. The van der Waals surface area contributed by atoms with E-state index in [4.69, 9.17) is 0 Å². The summed E-state index contributed by atoms with van der Waals surface area (Å²) < 4.78 is 0.734. The lowest BCUT2D eigenvalue weighted by atomic mass is 10.1. The number of rotatable bonds is 6. The summed E-state index contributed by atoms with van der Waals surface area (Å²) in [5.41, 5.74) is -0.274. The van der Waals surface area contributed by atoms with E-state index in [1.54, 1.807) is 0 Å². The van der Waals surface area contributed by atoms with Gasteiger partial charge < -0.3 is 14.5 Å². The highest BCUT2D eigenvalue weighted by Crippen LogP contribution is 2.25.